The molecular weight excluding hydrogens is 486 g/mol. The number of hydrogen-bond acceptors (Lipinski definition) is 1. The minimum absolute atomic E-state index is 0.108. The zero-order valence-corrected chi connectivity index (χ0v) is 23.0. The molecule has 0 bridgehead atoms. The largest absolute Gasteiger partial charge is 0.309 e. The molecule has 7 rings (SSSR count). The molecule has 0 saturated heterocycles. The van der Waals surface area contributed by atoms with Gasteiger partial charge in [0.25, 0.3) is 0 Å². The van der Waals surface area contributed by atoms with E-state index in [1.165, 1.54) is 27.4 Å². The second kappa shape index (κ2) is 9.39. The summed E-state index contributed by atoms with van der Waals surface area (Å²) in [7, 11) is 0. The lowest BCUT2D eigenvalue weighted by atomic mass is 9.86. The van der Waals surface area contributed by atoms with Crippen LogP contribution in [0.4, 0.5) is 0 Å². The molecule has 3 heteroatoms. The molecule has 0 unspecified atom stereocenters. The molecule has 0 fully saturated rings. The number of benzene rings is 5. The lowest BCUT2D eigenvalue weighted by molar-refractivity contribution is 0.590. The maximum absolute atomic E-state index is 5.10. The molecular formula is C37H31N3. The molecule has 40 heavy (non-hydrogen) atoms. The van der Waals surface area contributed by atoms with Gasteiger partial charge in [-0.25, -0.2) is 4.68 Å². The molecule has 0 saturated carbocycles. The van der Waals surface area contributed by atoms with Crippen LogP contribution in [-0.4, -0.2) is 14.3 Å². The molecule has 3 nitrogen and oxygen atoms in total. The number of rotatable bonds is 4. The van der Waals surface area contributed by atoms with Crippen LogP contribution in [0, 0.1) is 0 Å². The summed E-state index contributed by atoms with van der Waals surface area (Å²) in [5.41, 5.74) is 10.3. The van der Waals surface area contributed by atoms with Crippen molar-refractivity contribution < 1.29 is 0 Å². The van der Waals surface area contributed by atoms with Crippen LogP contribution < -0.4 is 0 Å². The summed E-state index contributed by atoms with van der Waals surface area (Å²) >= 11 is 0. The summed E-state index contributed by atoms with van der Waals surface area (Å²) in [6, 6.07) is 47.5. The van der Waals surface area contributed by atoms with Gasteiger partial charge in [-0.15, -0.1) is 0 Å². The van der Waals surface area contributed by atoms with Gasteiger partial charge in [0.2, 0.25) is 0 Å². The lowest BCUT2D eigenvalue weighted by Crippen LogP contribution is -2.10. The van der Waals surface area contributed by atoms with Gasteiger partial charge in [0, 0.05) is 27.6 Å². The van der Waals surface area contributed by atoms with E-state index in [1.807, 2.05) is 6.07 Å². The van der Waals surface area contributed by atoms with E-state index in [1.54, 1.807) is 0 Å². The van der Waals surface area contributed by atoms with Gasteiger partial charge in [0.05, 0.1) is 28.1 Å². The Morgan fingerprint density at radius 2 is 1.07 bits per heavy atom. The normalized spacial score (nSPS) is 11.9. The van der Waals surface area contributed by atoms with Crippen LogP contribution in [0.5, 0.6) is 0 Å². The van der Waals surface area contributed by atoms with Crippen molar-refractivity contribution >= 4 is 21.8 Å². The van der Waals surface area contributed by atoms with Gasteiger partial charge in [-0.3, -0.25) is 0 Å². The first-order valence-corrected chi connectivity index (χ1v) is 13.8. The number of hydrogen-bond donors (Lipinski definition) is 0. The summed E-state index contributed by atoms with van der Waals surface area (Å²) in [5.74, 6) is 0. The minimum Gasteiger partial charge on any atom is -0.309 e. The van der Waals surface area contributed by atoms with Gasteiger partial charge in [-0.05, 0) is 53.4 Å². The first kappa shape index (κ1) is 24.2. The van der Waals surface area contributed by atoms with E-state index >= 15 is 0 Å². The van der Waals surface area contributed by atoms with Crippen molar-refractivity contribution in [3.63, 3.8) is 0 Å². The molecule has 0 aliphatic rings. The Balaban J connectivity index is 1.35. The molecule has 0 radical (unpaired) electrons. The Labute approximate surface area is 235 Å². The highest BCUT2D eigenvalue weighted by atomic mass is 15.3. The SMILES string of the molecule is CC(C)(C)c1ccc(-c2cc(-c3ccccc3)nn2-c2ccc(-n3c4ccccc4c4ccccc43)cc2)cc1. The number of nitrogens with zero attached hydrogens (tertiary/aromatic N) is 3. The fraction of sp³-hybridized carbons (Fsp3) is 0.108. The maximum atomic E-state index is 5.10. The van der Waals surface area contributed by atoms with Crippen LogP contribution in [-0.2, 0) is 5.41 Å². The van der Waals surface area contributed by atoms with E-state index in [4.69, 9.17) is 5.10 Å². The predicted molar refractivity (Wildman–Crippen MR) is 167 cm³/mol. The third-order valence-electron chi connectivity index (χ3n) is 7.76. The zero-order valence-electron chi connectivity index (χ0n) is 23.0. The first-order valence-electron chi connectivity index (χ1n) is 13.8. The van der Waals surface area contributed by atoms with Gasteiger partial charge in [-0.1, -0.05) is 112 Å². The Bertz CT molecular complexity index is 1900. The highest BCUT2D eigenvalue weighted by molar-refractivity contribution is 6.09. The highest BCUT2D eigenvalue weighted by Gasteiger charge is 2.17. The summed E-state index contributed by atoms with van der Waals surface area (Å²) < 4.78 is 4.42. The number of fused-ring (bicyclic) bond motifs is 3. The molecule has 0 spiro atoms. The summed E-state index contributed by atoms with van der Waals surface area (Å²) in [6.45, 7) is 6.75. The van der Waals surface area contributed by atoms with Gasteiger partial charge in [0.1, 0.15) is 0 Å². The molecule has 5 aromatic carbocycles. The molecule has 0 amide bonds. The number of para-hydroxylation sites is 2. The fourth-order valence-electron chi connectivity index (χ4n) is 5.62. The molecule has 2 aromatic heterocycles. The van der Waals surface area contributed by atoms with Gasteiger partial charge in [-0.2, -0.15) is 5.10 Å². The van der Waals surface area contributed by atoms with Gasteiger partial charge < -0.3 is 4.57 Å². The zero-order chi connectivity index (χ0) is 27.3. The van der Waals surface area contributed by atoms with Crippen LogP contribution in [0.15, 0.2) is 133 Å². The fourth-order valence-corrected chi connectivity index (χ4v) is 5.62. The van der Waals surface area contributed by atoms with Crippen LogP contribution in [0.3, 0.4) is 0 Å². The predicted octanol–water partition coefficient (Wildman–Crippen LogP) is 9.60. The standard InChI is InChI=1S/C37H31N3/c1-37(2,3)28-19-17-27(18-20-28)36-25-33(26-11-5-4-6-12-26)38-40(36)30-23-21-29(22-24-30)39-34-15-9-7-13-31(34)32-14-8-10-16-35(32)39/h4-25H,1-3H3. The molecule has 194 valence electrons. The van der Waals surface area contributed by atoms with Crippen molar-refractivity contribution in [2.24, 2.45) is 0 Å². The van der Waals surface area contributed by atoms with E-state index in [2.05, 4.69) is 157 Å². The molecule has 7 aromatic rings. The minimum atomic E-state index is 0.108. The first-order chi connectivity index (χ1) is 19.5. The van der Waals surface area contributed by atoms with Gasteiger partial charge >= 0.3 is 0 Å². The third-order valence-corrected chi connectivity index (χ3v) is 7.76. The van der Waals surface area contributed by atoms with E-state index in [9.17, 15) is 0 Å². The second-order valence-corrected chi connectivity index (χ2v) is 11.4. The smallest absolute Gasteiger partial charge is 0.0934 e. The van der Waals surface area contributed by atoms with Crippen molar-refractivity contribution in [3.8, 4) is 33.9 Å². The van der Waals surface area contributed by atoms with E-state index in [0.29, 0.717) is 0 Å². The van der Waals surface area contributed by atoms with Crippen LogP contribution in [0.25, 0.3) is 55.7 Å². The third kappa shape index (κ3) is 4.11. The summed E-state index contributed by atoms with van der Waals surface area (Å²) in [4.78, 5) is 0. The summed E-state index contributed by atoms with van der Waals surface area (Å²) in [6.07, 6.45) is 0. The van der Waals surface area contributed by atoms with Crippen LogP contribution in [0.2, 0.25) is 0 Å². The lowest BCUT2D eigenvalue weighted by Gasteiger charge is -2.19. The van der Waals surface area contributed by atoms with Crippen molar-refractivity contribution in [2.45, 2.75) is 26.2 Å². The Morgan fingerprint density at radius 1 is 0.525 bits per heavy atom. The average Bonchev–Trinajstić information content (AvgIpc) is 3.58. The molecule has 0 atom stereocenters. The van der Waals surface area contributed by atoms with E-state index in [-0.39, 0.29) is 5.41 Å². The molecule has 0 aliphatic carbocycles. The average molecular weight is 518 g/mol. The Morgan fingerprint density at radius 3 is 1.68 bits per heavy atom. The molecule has 2 heterocycles. The van der Waals surface area contributed by atoms with Crippen molar-refractivity contribution in [1.29, 1.82) is 0 Å². The van der Waals surface area contributed by atoms with Crippen molar-refractivity contribution in [3.05, 3.63) is 139 Å². The quantitative estimate of drug-likeness (QED) is 0.228. The van der Waals surface area contributed by atoms with Crippen molar-refractivity contribution in [2.75, 3.05) is 0 Å². The second-order valence-electron chi connectivity index (χ2n) is 11.4. The Hall–Kier alpha value is -4.89. The molecule has 0 aliphatic heterocycles. The Kier molecular flexibility index (Phi) is 5.67. The van der Waals surface area contributed by atoms with Crippen LogP contribution >= 0.6 is 0 Å². The molecule has 0 N–H and O–H groups in total. The van der Waals surface area contributed by atoms with Crippen molar-refractivity contribution in [1.82, 2.24) is 14.3 Å². The number of aromatic nitrogens is 3. The van der Waals surface area contributed by atoms with Crippen LogP contribution in [0.1, 0.15) is 26.3 Å². The summed E-state index contributed by atoms with van der Waals surface area (Å²) in [5, 5.41) is 7.63. The topological polar surface area (TPSA) is 22.8 Å². The maximum Gasteiger partial charge on any atom is 0.0934 e. The van der Waals surface area contributed by atoms with E-state index < -0.39 is 0 Å². The monoisotopic (exact) mass is 517 g/mol. The van der Waals surface area contributed by atoms with E-state index in [0.717, 1.165) is 33.9 Å². The highest BCUT2D eigenvalue weighted by Crippen LogP contribution is 2.34. The van der Waals surface area contributed by atoms with Gasteiger partial charge in [0.15, 0.2) is 0 Å².